The number of likely N-dealkylation sites (N-methyl/N-ethyl adjacent to an activating group) is 1. The number of aromatic nitrogens is 2. The molecule has 1 aromatic heterocycles. The molecular weight excluding hydrogens is 294 g/mol. The average molecular weight is 321 g/mol. The van der Waals surface area contributed by atoms with Gasteiger partial charge in [-0.05, 0) is 26.8 Å². The van der Waals surface area contributed by atoms with E-state index in [1.165, 1.54) is 0 Å². The minimum atomic E-state index is -0.207. The molecule has 23 heavy (non-hydrogen) atoms. The first-order valence-electron chi connectivity index (χ1n) is 8.33. The van der Waals surface area contributed by atoms with E-state index in [9.17, 15) is 4.79 Å². The fourth-order valence-electron chi connectivity index (χ4n) is 3.39. The number of nitrogens with one attached hydrogen (secondary N) is 1. The molecule has 1 aromatic rings. The maximum Gasteiger partial charge on any atom is 0.317 e. The van der Waals surface area contributed by atoms with Crippen LogP contribution in [0.5, 0.6) is 0 Å². The number of nitrogens with zero attached hydrogens (tertiary/aromatic N) is 4. The van der Waals surface area contributed by atoms with Crippen LogP contribution in [0, 0.1) is 0 Å². The van der Waals surface area contributed by atoms with Crippen LogP contribution < -0.4 is 5.32 Å². The second-order valence-corrected chi connectivity index (χ2v) is 6.90. The number of amides is 2. The van der Waals surface area contributed by atoms with Gasteiger partial charge in [-0.1, -0.05) is 0 Å². The molecule has 2 fully saturated rings. The normalized spacial score (nSPS) is 29.0. The fourth-order valence-corrected chi connectivity index (χ4v) is 3.39. The molecule has 0 aromatic carbocycles. The minimum absolute atomic E-state index is 0.00552. The Balaban J connectivity index is 1.59. The van der Waals surface area contributed by atoms with Crippen molar-refractivity contribution in [3.8, 4) is 0 Å². The molecule has 0 unspecified atom stereocenters. The van der Waals surface area contributed by atoms with Crippen molar-refractivity contribution in [2.45, 2.75) is 31.4 Å². The molecule has 2 saturated heterocycles. The highest BCUT2D eigenvalue weighted by Gasteiger charge is 2.33. The van der Waals surface area contributed by atoms with Gasteiger partial charge in [0.2, 0.25) is 0 Å². The van der Waals surface area contributed by atoms with Crippen molar-refractivity contribution >= 4 is 6.03 Å². The third-order valence-corrected chi connectivity index (χ3v) is 5.01. The van der Waals surface area contributed by atoms with Crippen LogP contribution in [0.1, 0.15) is 31.6 Å². The molecule has 0 spiro atoms. The van der Waals surface area contributed by atoms with Crippen LogP contribution in [-0.4, -0.2) is 70.8 Å². The standard InChI is InChI=1S/C16H27N5O2/c1-16(5-4-10-23-16)12-18-15(22)21-9-8-19(2)13(11-21)14-17-6-7-20(14)3/h6-7,13H,4-5,8-12H2,1-3H3,(H,18,22)/t13-,16-/m0/s1. The summed E-state index contributed by atoms with van der Waals surface area (Å²) >= 11 is 0. The molecule has 2 aliphatic rings. The second-order valence-electron chi connectivity index (χ2n) is 6.90. The van der Waals surface area contributed by atoms with Gasteiger partial charge in [-0.2, -0.15) is 0 Å². The molecule has 7 nitrogen and oxygen atoms in total. The Hall–Kier alpha value is -1.60. The SMILES string of the molecule is CN1CCN(C(=O)NC[C@]2(C)CCCO2)C[C@H]1c1nccn1C. The molecule has 7 heteroatoms. The highest BCUT2D eigenvalue weighted by molar-refractivity contribution is 5.74. The summed E-state index contributed by atoms with van der Waals surface area (Å²) in [6, 6.07) is 0.127. The summed E-state index contributed by atoms with van der Waals surface area (Å²) in [7, 11) is 4.08. The maximum atomic E-state index is 12.5. The van der Waals surface area contributed by atoms with Crippen molar-refractivity contribution in [1.29, 1.82) is 0 Å². The number of hydrogen-bond donors (Lipinski definition) is 1. The summed E-state index contributed by atoms with van der Waals surface area (Å²) in [5.74, 6) is 0.996. The van der Waals surface area contributed by atoms with Gasteiger partial charge in [0.15, 0.2) is 0 Å². The molecule has 128 valence electrons. The zero-order chi connectivity index (χ0) is 16.4. The van der Waals surface area contributed by atoms with Crippen molar-refractivity contribution < 1.29 is 9.53 Å². The number of imidazole rings is 1. The van der Waals surface area contributed by atoms with Gasteiger partial charge in [0.25, 0.3) is 0 Å². The van der Waals surface area contributed by atoms with E-state index in [2.05, 4.69) is 29.2 Å². The topological polar surface area (TPSA) is 62.6 Å². The maximum absolute atomic E-state index is 12.5. The number of carbonyl (C=O) groups is 1. The molecule has 2 amide bonds. The van der Waals surface area contributed by atoms with Crippen molar-refractivity contribution in [3.63, 3.8) is 0 Å². The third kappa shape index (κ3) is 3.50. The molecular formula is C16H27N5O2. The van der Waals surface area contributed by atoms with Crippen LogP contribution in [-0.2, 0) is 11.8 Å². The Morgan fingerprint density at radius 2 is 2.30 bits per heavy atom. The Morgan fingerprint density at radius 3 is 2.96 bits per heavy atom. The number of ether oxygens (including phenoxy) is 1. The summed E-state index contributed by atoms with van der Waals surface area (Å²) < 4.78 is 7.76. The van der Waals surface area contributed by atoms with Gasteiger partial charge < -0.3 is 19.5 Å². The lowest BCUT2D eigenvalue weighted by Gasteiger charge is -2.39. The van der Waals surface area contributed by atoms with E-state index >= 15 is 0 Å². The van der Waals surface area contributed by atoms with Crippen LogP contribution in [0.4, 0.5) is 4.79 Å². The van der Waals surface area contributed by atoms with Gasteiger partial charge in [0.1, 0.15) is 5.82 Å². The molecule has 0 aliphatic carbocycles. The number of rotatable bonds is 3. The van der Waals surface area contributed by atoms with E-state index in [1.807, 2.05) is 22.7 Å². The van der Waals surface area contributed by atoms with E-state index in [0.29, 0.717) is 13.1 Å². The van der Waals surface area contributed by atoms with Crippen molar-refractivity contribution in [3.05, 3.63) is 18.2 Å². The summed E-state index contributed by atoms with van der Waals surface area (Å²) in [5, 5.41) is 3.05. The number of piperazine rings is 1. The lowest BCUT2D eigenvalue weighted by atomic mass is 10.0. The highest BCUT2D eigenvalue weighted by Crippen LogP contribution is 2.25. The van der Waals surface area contributed by atoms with Gasteiger partial charge in [0, 0.05) is 52.2 Å². The molecule has 0 radical (unpaired) electrons. The summed E-state index contributed by atoms with van der Waals surface area (Å²) in [4.78, 5) is 21.1. The van der Waals surface area contributed by atoms with Crippen molar-refractivity contribution in [2.75, 3.05) is 39.8 Å². The van der Waals surface area contributed by atoms with Crippen LogP contribution in [0.15, 0.2) is 12.4 Å². The lowest BCUT2D eigenvalue weighted by molar-refractivity contribution is 0.0208. The van der Waals surface area contributed by atoms with Gasteiger partial charge >= 0.3 is 6.03 Å². The summed E-state index contributed by atoms with van der Waals surface area (Å²) in [6.45, 7) is 5.68. The smallest absolute Gasteiger partial charge is 0.317 e. The molecule has 2 aliphatic heterocycles. The Labute approximate surface area is 137 Å². The predicted molar refractivity (Wildman–Crippen MR) is 87.1 cm³/mol. The van der Waals surface area contributed by atoms with Crippen molar-refractivity contribution in [2.24, 2.45) is 7.05 Å². The summed E-state index contributed by atoms with van der Waals surface area (Å²) in [5.41, 5.74) is -0.207. The van der Waals surface area contributed by atoms with E-state index in [0.717, 1.165) is 38.4 Å². The van der Waals surface area contributed by atoms with Crippen LogP contribution in [0.2, 0.25) is 0 Å². The van der Waals surface area contributed by atoms with Crippen LogP contribution >= 0.6 is 0 Å². The quantitative estimate of drug-likeness (QED) is 0.902. The van der Waals surface area contributed by atoms with Gasteiger partial charge in [-0.25, -0.2) is 9.78 Å². The van der Waals surface area contributed by atoms with E-state index in [-0.39, 0.29) is 17.7 Å². The van der Waals surface area contributed by atoms with Crippen LogP contribution in [0.3, 0.4) is 0 Å². The Kier molecular flexibility index (Phi) is 4.59. The molecule has 3 rings (SSSR count). The molecule has 0 saturated carbocycles. The molecule has 2 atom stereocenters. The highest BCUT2D eigenvalue weighted by atomic mass is 16.5. The number of carbonyl (C=O) groups excluding carboxylic acids is 1. The molecule has 1 N–H and O–H groups in total. The monoisotopic (exact) mass is 321 g/mol. The molecule has 3 heterocycles. The minimum Gasteiger partial charge on any atom is -0.373 e. The number of aryl methyl sites for hydroxylation is 1. The number of hydrogen-bond acceptors (Lipinski definition) is 4. The third-order valence-electron chi connectivity index (χ3n) is 5.01. The first-order chi connectivity index (χ1) is 11.0. The van der Waals surface area contributed by atoms with E-state index < -0.39 is 0 Å². The van der Waals surface area contributed by atoms with Gasteiger partial charge in [0.05, 0.1) is 11.6 Å². The molecule has 0 bridgehead atoms. The van der Waals surface area contributed by atoms with Gasteiger partial charge in [-0.15, -0.1) is 0 Å². The second kappa shape index (κ2) is 6.49. The predicted octanol–water partition coefficient (Wildman–Crippen LogP) is 0.987. The first-order valence-corrected chi connectivity index (χ1v) is 8.33. The summed E-state index contributed by atoms with van der Waals surface area (Å²) in [6.07, 6.45) is 5.83. The Bertz CT molecular complexity index is 552. The zero-order valence-electron chi connectivity index (χ0n) is 14.3. The average Bonchev–Trinajstić information content (AvgIpc) is 3.15. The Morgan fingerprint density at radius 1 is 1.48 bits per heavy atom. The number of urea groups is 1. The van der Waals surface area contributed by atoms with Crippen molar-refractivity contribution in [1.82, 2.24) is 24.7 Å². The first kappa shape index (κ1) is 16.3. The van der Waals surface area contributed by atoms with E-state index in [4.69, 9.17) is 4.74 Å². The van der Waals surface area contributed by atoms with Crippen LogP contribution in [0.25, 0.3) is 0 Å². The van der Waals surface area contributed by atoms with Gasteiger partial charge in [-0.3, -0.25) is 4.90 Å². The zero-order valence-corrected chi connectivity index (χ0v) is 14.3. The van der Waals surface area contributed by atoms with E-state index in [1.54, 1.807) is 6.20 Å². The largest absolute Gasteiger partial charge is 0.373 e. The lowest BCUT2D eigenvalue weighted by Crippen LogP contribution is -2.54. The fraction of sp³-hybridized carbons (Fsp3) is 0.750.